The molecule has 37 heavy (non-hydrogen) atoms. The number of esters is 1. The number of fused-ring (bicyclic) bond motifs is 1. The summed E-state index contributed by atoms with van der Waals surface area (Å²) in [6.07, 6.45) is 4.70. The van der Waals surface area contributed by atoms with Crippen molar-refractivity contribution in [2.75, 3.05) is 18.2 Å². The molecule has 0 atom stereocenters. The van der Waals surface area contributed by atoms with E-state index in [0.29, 0.717) is 10.6 Å². The maximum atomic E-state index is 12.7. The molecule has 0 saturated heterocycles. The topological polar surface area (TPSA) is 67.8 Å². The number of aryl methyl sites for hydroxylation is 1. The second-order valence-electron chi connectivity index (χ2n) is 9.64. The number of allylic oxidation sites excluding steroid dienone is 1. The number of hydrogen-bond donors (Lipinski definition) is 3. The number of unbranched alkanes of at least 4 members (excludes halogenated alkanes) is 1. The Balaban J connectivity index is 0.000000695. The highest BCUT2D eigenvalue weighted by Gasteiger charge is 2.27. The first kappa shape index (κ1) is 28.7. The van der Waals surface area contributed by atoms with Gasteiger partial charge in [0.25, 0.3) is 0 Å². The summed E-state index contributed by atoms with van der Waals surface area (Å²) in [5.41, 5.74) is 5.55. The normalized spacial score (nSPS) is 13.4. The highest BCUT2D eigenvalue weighted by molar-refractivity contribution is 7.80. The Labute approximate surface area is 229 Å². The van der Waals surface area contributed by atoms with Crippen LogP contribution in [0.4, 0.5) is 5.69 Å². The molecule has 3 aromatic rings. The van der Waals surface area contributed by atoms with Gasteiger partial charge in [-0.2, -0.15) is 12.6 Å². The van der Waals surface area contributed by atoms with Crippen LogP contribution in [-0.2, 0) is 11.3 Å². The average molecular weight is 540 g/mol. The molecule has 0 fully saturated rings. The van der Waals surface area contributed by atoms with Gasteiger partial charge in [0.1, 0.15) is 23.0 Å². The first-order valence-corrected chi connectivity index (χ1v) is 13.9. The number of thiophene rings is 1. The summed E-state index contributed by atoms with van der Waals surface area (Å²) in [7, 11) is 1.57. The van der Waals surface area contributed by atoms with E-state index in [9.17, 15) is 9.90 Å². The molecule has 2 aromatic carbocycles. The van der Waals surface area contributed by atoms with Gasteiger partial charge in [0.05, 0.1) is 12.6 Å². The zero-order chi connectivity index (χ0) is 27.2. The molecule has 0 spiro atoms. The predicted octanol–water partition coefficient (Wildman–Crippen LogP) is 8.12. The van der Waals surface area contributed by atoms with Crippen molar-refractivity contribution in [1.82, 2.24) is 0 Å². The summed E-state index contributed by atoms with van der Waals surface area (Å²) in [5, 5.41) is 13.5. The number of phenolic OH excluding ortho intramolecular Hbond substituents is 1. The Morgan fingerprint density at radius 3 is 2.43 bits per heavy atom. The molecule has 1 aliphatic heterocycles. The molecule has 198 valence electrons. The second kappa shape index (κ2) is 12.6. The number of nitrogens with one attached hydrogen (secondary N) is 1. The van der Waals surface area contributed by atoms with Crippen LogP contribution < -0.4 is 10.1 Å². The Hall–Kier alpha value is -2.90. The largest absolute Gasteiger partial charge is 0.508 e. The number of phenols is 1. The highest BCUT2D eigenvalue weighted by Crippen LogP contribution is 2.43. The lowest BCUT2D eigenvalue weighted by atomic mass is 9.85. The minimum absolute atomic E-state index is 0.117. The van der Waals surface area contributed by atoms with Crippen LogP contribution >= 0.6 is 24.0 Å². The first-order valence-electron chi connectivity index (χ1n) is 12.5. The summed E-state index contributed by atoms with van der Waals surface area (Å²) in [6.45, 7) is 10.6. The average Bonchev–Trinajstić information content (AvgIpc) is 3.28. The number of aromatic hydroxyl groups is 1. The lowest BCUT2D eigenvalue weighted by Crippen LogP contribution is -2.32. The molecule has 5 nitrogen and oxygen atoms in total. The molecule has 2 N–H and O–H groups in total. The standard InChI is InChI=1S/C26H27NO4S.C4H10S/c1-15-13-26(3,4)27-21-10-9-18(19-8-7-17(28)12-22(19)30-5)20(24(15)21)14-31-25(29)23-11-6-16(2)32-23;1-2-3-4-5/h6-13,27-28H,14H2,1-5H3;5H,2-4H2,1H3. The number of carbonyl (C=O) groups is 1. The zero-order valence-corrected chi connectivity index (χ0v) is 24.2. The fraction of sp³-hybridized carbons (Fsp3) is 0.367. The molecule has 0 bridgehead atoms. The first-order chi connectivity index (χ1) is 17.6. The van der Waals surface area contributed by atoms with Gasteiger partial charge in [0.2, 0.25) is 0 Å². The van der Waals surface area contributed by atoms with Crippen molar-refractivity contribution in [1.29, 1.82) is 0 Å². The van der Waals surface area contributed by atoms with E-state index in [1.165, 1.54) is 24.2 Å². The van der Waals surface area contributed by atoms with Gasteiger partial charge in [0.15, 0.2) is 0 Å². The van der Waals surface area contributed by atoms with Crippen LogP contribution in [0.25, 0.3) is 16.7 Å². The summed E-state index contributed by atoms with van der Waals surface area (Å²) in [6, 6.07) is 12.8. The zero-order valence-electron chi connectivity index (χ0n) is 22.5. The third-order valence-corrected chi connectivity index (χ3v) is 7.31. The molecule has 0 aliphatic carbocycles. The van der Waals surface area contributed by atoms with E-state index >= 15 is 0 Å². The van der Waals surface area contributed by atoms with Crippen LogP contribution in [0.3, 0.4) is 0 Å². The molecule has 0 saturated carbocycles. The van der Waals surface area contributed by atoms with Crippen molar-refractivity contribution in [3.05, 3.63) is 69.4 Å². The van der Waals surface area contributed by atoms with Crippen LogP contribution in [0.1, 0.15) is 66.2 Å². The summed E-state index contributed by atoms with van der Waals surface area (Å²) in [5.74, 6) is 1.38. The number of benzene rings is 2. The van der Waals surface area contributed by atoms with Gasteiger partial charge in [-0.15, -0.1) is 11.3 Å². The van der Waals surface area contributed by atoms with Crippen LogP contribution in [-0.4, -0.2) is 29.5 Å². The van der Waals surface area contributed by atoms with Crippen LogP contribution in [0, 0.1) is 6.92 Å². The summed E-state index contributed by atoms with van der Waals surface area (Å²) >= 11 is 5.42. The Kier molecular flexibility index (Phi) is 9.74. The molecule has 1 aliphatic rings. The molecule has 2 heterocycles. The van der Waals surface area contributed by atoms with Crippen molar-refractivity contribution >= 4 is 41.2 Å². The van der Waals surface area contributed by atoms with Crippen molar-refractivity contribution in [2.45, 2.75) is 59.6 Å². The highest BCUT2D eigenvalue weighted by atomic mass is 32.1. The quantitative estimate of drug-likeness (QED) is 0.209. The number of methoxy groups -OCH3 is 1. The van der Waals surface area contributed by atoms with Crippen molar-refractivity contribution in [3.8, 4) is 22.6 Å². The van der Waals surface area contributed by atoms with E-state index in [1.807, 2.05) is 31.2 Å². The van der Waals surface area contributed by atoms with Crippen molar-refractivity contribution < 1.29 is 19.4 Å². The van der Waals surface area contributed by atoms with Gasteiger partial charge in [-0.05, 0) is 81.3 Å². The van der Waals surface area contributed by atoms with E-state index in [0.717, 1.165) is 44.1 Å². The molecular weight excluding hydrogens is 502 g/mol. The molecule has 0 radical (unpaired) electrons. The Bertz CT molecular complexity index is 1270. The van der Waals surface area contributed by atoms with Crippen LogP contribution in [0.2, 0.25) is 0 Å². The Morgan fingerprint density at radius 1 is 1.11 bits per heavy atom. The van der Waals surface area contributed by atoms with E-state index < -0.39 is 0 Å². The van der Waals surface area contributed by atoms with Gasteiger partial charge in [-0.1, -0.05) is 25.5 Å². The Morgan fingerprint density at radius 2 is 1.84 bits per heavy atom. The van der Waals surface area contributed by atoms with Crippen LogP contribution in [0.5, 0.6) is 11.5 Å². The number of anilines is 1. The fourth-order valence-corrected chi connectivity index (χ4v) is 5.49. The van der Waals surface area contributed by atoms with E-state index in [1.54, 1.807) is 25.3 Å². The number of ether oxygens (including phenoxy) is 2. The number of rotatable bonds is 7. The monoisotopic (exact) mass is 539 g/mol. The smallest absolute Gasteiger partial charge is 0.348 e. The van der Waals surface area contributed by atoms with Gasteiger partial charge in [0, 0.05) is 33.3 Å². The molecular formula is C30H37NO4S2. The summed E-state index contributed by atoms with van der Waals surface area (Å²) < 4.78 is 11.3. The van der Waals surface area contributed by atoms with Crippen LogP contribution in [0.15, 0.2) is 48.5 Å². The van der Waals surface area contributed by atoms with Gasteiger partial charge in [-0.3, -0.25) is 0 Å². The number of hydrogen-bond acceptors (Lipinski definition) is 7. The fourth-order valence-electron chi connectivity index (χ4n) is 4.41. The summed E-state index contributed by atoms with van der Waals surface area (Å²) in [4.78, 5) is 14.3. The molecule has 7 heteroatoms. The third-order valence-electron chi connectivity index (χ3n) is 6.02. The lowest BCUT2D eigenvalue weighted by Gasteiger charge is -2.33. The molecule has 4 rings (SSSR count). The molecule has 0 amide bonds. The minimum Gasteiger partial charge on any atom is -0.508 e. The lowest BCUT2D eigenvalue weighted by molar-refractivity contribution is 0.0479. The van der Waals surface area contributed by atoms with Gasteiger partial charge < -0.3 is 19.9 Å². The maximum Gasteiger partial charge on any atom is 0.348 e. The van der Waals surface area contributed by atoms with Crippen molar-refractivity contribution in [2.24, 2.45) is 0 Å². The van der Waals surface area contributed by atoms with E-state index in [4.69, 9.17) is 9.47 Å². The van der Waals surface area contributed by atoms with E-state index in [-0.39, 0.29) is 23.9 Å². The van der Waals surface area contributed by atoms with E-state index in [2.05, 4.69) is 51.7 Å². The third kappa shape index (κ3) is 7.11. The van der Waals surface area contributed by atoms with Crippen molar-refractivity contribution in [3.63, 3.8) is 0 Å². The number of thiol groups is 1. The molecule has 1 aromatic heterocycles. The molecule has 0 unspecified atom stereocenters. The minimum atomic E-state index is -0.338. The number of carbonyl (C=O) groups excluding carboxylic acids is 1. The van der Waals surface area contributed by atoms with Gasteiger partial charge >= 0.3 is 5.97 Å². The SMILES string of the molecule is CCCCS.COc1cc(O)ccc1-c1ccc2c(c1COC(=O)c1ccc(C)s1)C(C)=CC(C)(C)N2. The van der Waals surface area contributed by atoms with Gasteiger partial charge in [-0.25, -0.2) is 4.79 Å². The maximum absolute atomic E-state index is 12.7. The predicted molar refractivity (Wildman–Crippen MR) is 158 cm³/mol. The second-order valence-corrected chi connectivity index (χ2v) is 11.4.